The highest BCUT2D eigenvalue weighted by molar-refractivity contribution is 5.92. The van der Waals surface area contributed by atoms with Crippen molar-refractivity contribution in [3.8, 4) is 5.75 Å². The van der Waals surface area contributed by atoms with Crippen molar-refractivity contribution in [1.29, 1.82) is 0 Å². The lowest BCUT2D eigenvalue weighted by Gasteiger charge is -2.32. The van der Waals surface area contributed by atoms with Crippen LogP contribution in [-0.2, 0) is 4.79 Å². The van der Waals surface area contributed by atoms with Crippen LogP contribution in [0, 0.1) is 5.92 Å². The number of methoxy groups -OCH3 is 1. The molecule has 0 saturated carbocycles. The van der Waals surface area contributed by atoms with Gasteiger partial charge >= 0.3 is 6.03 Å². The van der Waals surface area contributed by atoms with Gasteiger partial charge in [0.05, 0.1) is 12.8 Å². The second kappa shape index (κ2) is 10.3. The van der Waals surface area contributed by atoms with E-state index in [9.17, 15) is 9.59 Å². The van der Waals surface area contributed by atoms with Gasteiger partial charge in [0.25, 0.3) is 0 Å². The van der Waals surface area contributed by atoms with Crippen molar-refractivity contribution in [2.75, 3.05) is 32.1 Å². The largest absolute Gasteiger partial charge is 0.495 e. The highest BCUT2D eigenvalue weighted by atomic mass is 16.5. The van der Waals surface area contributed by atoms with Gasteiger partial charge in [0.1, 0.15) is 5.75 Å². The van der Waals surface area contributed by atoms with E-state index in [1.165, 1.54) is 0 Å². The Hall–Kier alpha value is -3.28. The molecule has 1 heterocycles. The van der Waals surface area contributed by atoms with Gasteiger partial charge < -0.3 is 20.3 Å². The Balaban J connectivity index is 1.40. The monoisotopic (exact) mass is 393 g/mol. The number of urea groups is 1. The van der Waals surface area contributed by atoms with Crippen molar-refractivity contribution in [3.05, 3.63) is 66.2 Å². The number of ether oxygens (including phenoxy) is 1. The van der Waals surface area contributed by atoms with E-state index in [0.717, 1.165) is 18.4 Å². The first kappa shape index (κ1) is 20.5. The Morgan fingerprint density at radius 3 is 2.48 bits per heavy atom. The third kappa shape index (κ3) is 6.10. The standard InChI is InChI=1S/C23H27N3O3/c1-29-21-10-6-5-9-20(21)25-23(28)26-15-13-19(14-16-26)17-24-22(27)12-11-18-7-3-2-4-8-18/h2-12,19H,13-17H2,1H3,(H,24,27)(H,25,28)/b12-11+. The number of likely N-dealkylation sites (tertiary alicyclic amines) is 1. The predicted octanol–water partition coefficient (Wildman–Crippen LogP) is 3.77. The minimum atomic E-state index is -0.122. The van der Waals surface area contributed by atoms with Gasteiger partial charge in [-0.05, 0) is 42.5 Å². The molecule has 29 heavy (non-hydrogen) atoms. The summed E-state index contributed by atoms with van der Waals surface area (Å²) in [5.74, 6) is 0.923. The Labute approximate surface area is 171 Å². The Morgan fingerprint density at radius 1 is 1.07 bits per heavy atom. The van der Waals surface area contributed by atoms with Crippen LogP contribution in [-0.4, -0.2) is 43.6 Å². The lowest BCUT2D eigenvalue weighted by molar-refractivity contribution is -0.116. The van der Waals surface area contributed by atoms with E-state index < -0.39 is 0 Å². The summed E-state index contributed by atoms with van der Waals surface area (Å²) in [5, 5.41) is 5.87. The third-order valence-electron chi connectivity index (χ3n) is 5.04. The molecule has 0 atom stereocenters. The SMILES string of the molecule is COc1ccccc1NC(=O)N1CCC(CNC(=O)/C=C/c2ccccc2)CC1. The minimum absolute atomic E-state index is 0.0924. The van der Waals surface area contributed by atoms with Crippen LogP contribution in [0.4, 0.5) is 10.5 Å². The van der Waals surface area contributed by atoms with E-state index in [0.29, 0.717) is 37.0 Å². The first-order valence-corrected chi connectivity index (χ1v) is 9.85. The fourth-order valence-corrected chi connectivity index (χ4v) is 3.32. The van der Waals surface area contributed by atoms with Crippen molar-refractivity contribution >= 4 is 23.7 Å². The molecule has 2 aromatic rings. The van der Waals surface area contributed by atoms with Gasteiger partial charge in [0.15, 0.2) is 0 Å². The topological polar surface area (TPSA) is 70.7 Å². The molecule has 3 rings (SSSR count). The van der Waals surface area contributed by atoms with E-state index in [2.05, 4.69) is 10.6 Å². The zero-order valence-electron chi connectivity index (χ0n) is 16.6. The average molecular weight is 393 g/mol. The minimum Gasteiger partial charge on any atom is -0.495 e. The Morgan fingerprint density at radius 2 is 1.76 bits per heavy atom. The van der Waals surface area contributed by atoms with Gasteiger partial charge in [0.2, 0.25) is 5.91 Å². The van der Waals surface area contributed by atoms with Crippen molar-refractivity contribution < 1.29 is 14.3 Å². The highest BCUT2D eigenvalue weighted by Crippen LogP contribution is 2.24. The average Bonchev–Trinajstić information content (AvgIpc) is 2.77. The number of nitrogens with zero attached hydrogens (tertiary/aromatic N) is 1. The maximum Gasteiger partial charge on any atom is 0.321 e. The van der Waals surface area contributed by atoms with E-state index in [4.69, 9.17) is 4.74 Å². The smallest absolute Gasteiger partial charge is 0.321 e. The third-order valence-corrected chi connectivity index (χ3v) is 5.04. The molecule has 0 bridgehead atoms. The first-order valence-electron chi connectivity index (χ1n) is 9.85. The molecule has 0 aromatic heterocycles. The van der Waals surface area contributed by atoms with E-state index >= 15 is 0 Å². The summed E-state index contributed by atoms with van der Waals surface area (Å²) < 4.78 is 5.27. The molecular weight excluding hydrogens is 366 g/mol. The molecule has 1 aliphatic rings. The van der Waals surface area contributed by atoms with Crippen LogP contribution in [0.5, 0.6) is 5.75 Å². The van der Waals surface area contributed by atoms with Crippen LogP contribution in [0.25, 0.3) is 6.08 Å². The first-order chi connectivity index (χ1) is 14.2. The molecule has 1 aliphatic heterocycles. The number of nitrogens with one attached hydrogen (secondary N) is 2. The number of hydrogen-bond donors (Lipinski definition) is 2. The lowest BCUT2D eigenvalue weighted by atomic mass is 9.97. The summed E-state index contributed by atoms with van der Waals surface area (Å²) in [4.78, 5) is 26.3. The normalized spacial score (nSPS) is 14.6. The second-order valence-electron chi connectivity index (χ2n) is 7.05. The molecule has 0 unspecified atom stereocenters. The molecule has 1 fully saturated rings. The molecule has 2 aromatic carbocycles. The molecular formula is C23H27N3O3. The number of carbonyl (C=O) groups is 2. The summed E-state index contributed by atoms with van der Waals surface area (Å²) in [6.45, 7) is 1.96. The van der Waals surface area contributed by atoms with E-state index in [-0.39, 0.29) is 11.9 Å². The number of piperidine rings is 1. The number of para-hydroxylation sites is 2. The highest BCUT2D eigenvalue weighted by Gasteiger charge is 2.23. The molecule has 6 heteroatoms. The van der Waals surface area contributed by atoms with Crippen LogP contribution in [0.1, 0.15) is 18.4 Å². The summed E-state index contributed by atoms with van der Waals surface area (Å²) in [5.41, 5.74) is 1.66. The maximum absolute atomic E-state index is 12.5. The van der Waals surface area contributed by atoms with Gasteiger partial charge in [-0.3, -0.25) is 4.79 Å². The summed E-state index contributed by atoms with van der Waals surface area (Å²) in [6, 6.07) is 17.0. The summed E-state index contributed by atoms with van der Waals surface area (Å²) >= 11 is 0. The number of benzene rings is 2. The van der Waals surface area contributed by atoms with E-state index in [1.54, 1.807) is 24.2 Å². The number of amides is 3. The summed E-state index contributed by atoms with van der Waals surface area (Å²) in [7, 11) is 1.58. The van der Waals surface area contributed by atoms with Crippen molar-refractivity contribution in [2.45, 2.75) is 12.8 Å². The fraction of sp³-hybridized carbons (Fsp3) is 0.304. The number of carbonyl (C=O) groups excluding carboxylic acids is 2. The number of rotatable bonds is 6. The van der Waals surface area contributed by atoms with Crippen molar-refractivity contribution in [1.82, 2.24) is 10.2 Å². The summed E-state index contributed by atoms with van der Waals surface area (Å²) in [6.07, 6.45) is 5.09. The Kier molecular flexibility index (Phi) is 7.28. The lowest BCUT2D eigenvalue weighted by Crippen LogP contribution is -2.43. The van der Waals surface area contributed by atoms with Gasteiger partial charge in [-0.25, -0.2) is 4.79 Å². The maximum atomic E-state index is 12.5. The van der Waals surface area contributed by atoms with Gasteiger partial charge in [-0.15, -0.1) is 0 Å². The van der Waals surface area contributed by atoms with Crippen molar-refractivity contribution in [2.24, 2.45) is 5.92 Å². The predicted molar refractivity (Wildman–Crippen MR) is 115 cm³/mol. The molecule has 0 aliphatic carbocycles. The second-order valence-corrected chi connectivity index (χ2v) is 7.05. The van der Waals surface area contributed by atoms with Crippen LogP contribution in [0.15, 0.2) is 60.7 Å². The Bertz CT molecular complexity index is 843. The zero-order chi connectivity index (χ0) is 20.5. The van der Waals surface area contributed by atoms with Crippen LogP contribution in [0.3, 0.4) is 0 Å². The molecule has 1 saturated heterocycles. The number of hydrogen-bond acceptors (Lipinski definition) is 3. The molecule has 0 spiro atoms. The number of anilines is 1. The van der Waals surface area contributed by atoms with Crippen LogP contribution in [0.2, 0.25) is 0 Å². The van der Waals surface area contributed by atoms with Crippen LogP contribution < -0.4 is 15.4 Å². The molecule has 3 amide bonds. The quantitative estimate of drug-likeness (QED) is 0.734. The van der Waals surface area contributed by atoms with Gasteiger partial charge in [0, 0.05) is 25.7 Å². The van der Waals surface area contributed by atoms with Crippen LogP contribution >= 0.6 is 0 Å². The van der Waals surface area contributed by atoms with Gasteiger partial charge in [-0.1, -0.05) is 42.5 Å². The molecule has 2 N–H and O–H groups in total. The van der Waals surface area contributed by atoms with Crippen molar-refractivity contribution in [3.63, 3.8) is 0 Å². The molecule has 6 nitrogen and oxygen atoms in total. The molecule has 0 radical (unpaired) electrons. The molecule has 152 valence electrons. The van der Waals surface area contributed by atoms with E-state index in [1.807, 2.05) is 54.6 Å². The zero-order valence-corrected chi connectivity index (χ0v) is 16.6. The van der Waals surface area contributed by atoms with Gasteiger partial charge in [-0.2, -0.15) is 0 Å². The fourth-order valence-electron chi connectivity index (χ4n) is 3.32.